The van der Waals surface area contributed by atoms with Gasteiger partial charge in [-0.3, -0.25) is 4.90 Å². The zero-order valence-corrected chi connectivity index (χ0v) is 20.1. The number of guanidine groups is 1. The number of fused-ring (bicyclic) bond motifs is 1. The van der Waals surface area contributed by atoms with Gasteiger partial charge in [0.1, 0.15) is 5.75 Å². The van der Waals surface area contributed by atoms with Gasteiger partial charge in [0.2, 0.25) is 0 Å². The van der Waals surface area contributed by atoms with Crippen molar-refractivity contribution < 1.29 is 4.74 Å². The topological polar surface area (TPSA) is 48.9 Å². The van der Waals surface area contributed by atoms with Gasteiger partial charge < -0.3 is 15.4 Å². The van der Waals surface area contributed by atoms with Crippen molar-refractivity contribution in [1.29, 1.82) is 0 Å². The third-order valence-electron chi connectivity index (χ3n) is 4.95. The first-order chi connectivity index (χ1) is 13.2. The van der Waals surface area contributed by atoms with Crippen LogP contribution in [0.25, 0.3) is 0 Å². The Balaban J connectivity index is 0.00000280. The molecule has 7 heteroatoms. The van der Waals surface area contributed by atoms with Crippen LogP contribution >= 0.6 is 35.3 Å². The highest BCUT2D eigenvalue weighted by Crippen LogP contribution is 2.24. The molecule has 2 heterocycles. The smallest absolute Gasteiger partial charge is 0.191 e. The number of thiophene rings is 1. The highest BCUT2D eigenvalue weighted by Gasteiger charge is 2.21. The minimum Gasteiger partial charge on any atom is -0.497 e. The molecule has 1 atom stereocenters. The molecular weight excluding hydrogens is 483 g/mol. The summed E-state index contributed by atoms with van der Waals surface area (Å²) in [7, 11) is 1.68. The monoisotopic (exact) mass is 514 g/mol. The van der Waals surface area contributed by atoms with Crippen LogP contribution in [-0.4, -0.2) is 43.6 Å². The molecule has 154 valence electrons. The maximum absolute atomic E-state index is 5.21. The van der Waals surface area contributed by atoms with Crippen LogP contribution in [0.5, 0.6) is 5.75 Å². The second-order valence-electron chi connectivity index (χ2n) is 6.86. The lowest BCUT2D eigenvalue weighted by molar-refractivity contribution is 0.192. The Kier molecular flexibility index (Phi) is 9.53. The molecule has 0 saturated carbocycles. The number of nitrogens with one attached hydrogen (secondary N) is 2. The summed E-state index contributed by atoms with van der Waals surface area (Å²) in [4.78, 5) is 8.83. The van der Waals surface area contributed by atoms with Crippen LogP contribution < -0.4 is 15.4 Å². The fraction of sp³-hybridized carbons (Fsp3) is 0.476. The summed E-state index contributed by atoms with van der Waals surface area (Å²) in [6, 6.07) is 10.8. The minimum absolute atomic E-state index is 0. The van der Waals surface area contributed by atoms with E-state index in [0.29, 0.717) is 12.6 Å². The van der Waals surface area contributed by atoms with Gasteiger partial charge >= 0.3 is 0 Å². The molecule has 2 N–H and O–H groups in total. The molecular formula is C21H31IN4OS. The van der Waals surface area contributed by atoms with Crippen LogP contribution in [0, 0.1) is 0 Å². The van der Waals surface area contributed by atoms with E-state index in [-0.39, 0.29) is 24.0 Å². The van der Waals surface area contributed by atoms with Gasteiger partial charge in [0.25, 0.3) is 0 Å². The lowest BCUT2D eigenvalue weighted by Crippen LogP contribution is -2.47. The van der Waals surface area contributed by atoms with E-state index in [9.17, 15) is 0 Å². The summed E-state index contributed by atoms with van der Waals surface area (Å²) >= 11 is 1.89. The molecule has 5 nitrogen and oxygen atoms in total. The van der Waals surface area contributed by atoms with Crippen LogP contribution in [0.15, 0.2) is 40.7 Å². The van der Waals surface area contributed by atoms with Crippen molar-refractivity contribution in [1.82, 2.24) is 15.5 Å². The molecule has 0 fully saturated rings. The zero-order chi connectivity index (χ0) is 19.1. The Morgan fingerprint density at radius 1 is 1.25 bits per heavy atom. The first-order valence-electron chi connectivity index (χ1n) is 9.64. The number of benzene rings is 1. The molecule has 0 saturated heterocycles. The zero-order valence-electron chi connectivity index (χ0n) is 16.9. The molecule has 28 heavy (non-hydrogen) atoms. The average Bonchev–Trinajstić information content (AvgIpc) is 3.18. The van der Waals surface area contributed by atoms with Gasteiger partial charge in [-0.2, -0.15) is 0 Å². The van der Waals surface area contributed by atoms with Gasteiger partial charge in [0.15, 0.2) is 5.96 Å². The highest BCUT2D eigenvalue weighted by atomic mass is 127. The first-order valence-corrected chi connectivity index (χ1v) is 10.5. The number of ether oxygens (including phenoxy) is 1. The Morgan fingerprint density at radius 2 is 2.04 bits per heavy atom. The van der Waals surface area contributed by atoms with E-state index in [0.717, 1.165) is 37.9 Å². The minimum atomic E-state index is 0. The summed E-state index contributed by atoms with van der Waals surface area (Å²) in [6.07, 6.45) is 1.17. The number of hydrogen-bond acceptors (Lipinski definition) is 4. The summed E-state index contributed by atoms with van der Waals surface area (Å²) in [5.41, 5.74) is 2.67. The highest BCUT2D eigenvalue weighted by molar-refractivity contribution is 14.0. The van der Waals surface area contributed by atoms with E-state index in [1.54, 1.807) is 12.0 Å². The van der Waals surface area contributed by atoms with Crippen molar-refractivity contribution in [3.63, 3.8) is 0 Å². The Hall–Kier alpha value is -1.32. The quantitative estimate of drug-likeness (QED) is 0.335. The van der Waals surface area contributed by atoms with Crippen molar-refractivity contribution in [2.75, 3.05) is 26.7 Å². The molecule has 0 radical (unpaired) electrons. The van der Waals surface area contributed by atoms with Gasteiger partial charge in [-0.1, -0.05) is 12.1 Å². The molecule has 0 spiro atoms. The summed E-state index contributed by atoms with van der Waals surface area (Å²) in [5.74, 6) is 1.74. The molecule has 0 aliphatic carbocycles. The lowest BCUT2D eigenvalue weighted by atomic mass is 10.1. The summed E-state index contributed by atoms with van der Waals surface area (Å²) in [5, 5.41) is 9.06. The molecule has 2 aromatic rings. The predicted octanol–water partition coefficient (Wildman–Crippen LogP) is 3.88. The van der Waals surface area contributed by atoms with Crippen molar-refractivity contribution in [2.45, 2.75) is 39.4 Å². The van der Waals surface area contributed by atoms with Crippen LogP contribution in [-0.2, 0) is 19.5 Å². The van der Waals surface area contributed by atoms with Crippen molar-refractivity contribution in [2.24, 2.45) is 4.99 Å². The largest absolute Gasteiger partial charge is 0.497 e. The fourth-order valence-corrected chi connectivity index (χ4v) is 4.15. The second-order valence-corrected chi connectivity index (χ2v) is 7.86. The van der Waals surface area contributed by atoms with Crippen molar-refractivity contribution in [3.05, 3.63) is 51.7 Å². The Morgan fingerprint density at radius 3 is 2.75 bits per heavy atom. The molecule has 1 aromatic heterocycles. The normalized spacial score (nSPS) is 15.3. The van der Waals surface area contributed by atoms with Crippen LogP contribution in [0.3, 0.4) is 0 Å². The lowest BCUT2D eigenvalue weighted by Gasteiger charge is -2.32. The van der Waals surface area contributed by atoms with Crippen molar-refractivity contribution in [3.8, 4) is 5.75 Å². The number of hydrogen-bond donors (Lipinski definition) is 2. The molecule has 1 aromatic carbocycles. The predicted molar refractivity (Wildman–Crippen MR) is 129 cm³/mol. The SMILES string of the molecule is CCNC(=NCc1ccc(OC)cc1)NCC(C)N1CCc2sccc2C1.I. The fourth-order valence-electron chi connectivity index (χ4n) is 3.26. The molecule has 1 aliphatic heterocycles. The van der Waals surface area contributed by atoms with Crippen LogP contribution in [0.4, 0.5) is 0 Å². The third kappa shape index (κ3) is 6.35. The van der Waals surface area contributed by atoms with E-state index < -0.39 is 0 Å². The number of methoxy groups -OCH3 is 1. The molecule has 0 bridgehead atoms. The molecule has 1 aliphatic rings. The Bertz CT molecular complexity index is 747. The molecule has 3 rings (SSSR count). The van der Waals surface area contributed by atoms with Gasteiger partial charge in [-0.05, 0) is 55.0 Å². The van der Waals surface area contributed by atoms with Gasteiger partial charge in [-0.25, -0.2) is 4.99 Å². The van der Waals surface area contributed by atoms with E-state index in [4.69, 9.17) is 9.73 Å². The van der Waals surface area contributed by atoms with Gasteiger partial charge in [0, 0.05) is 37.1 Å². The van der Waals surface area contributed by atoms with Crippen LogP contribution in [0.2, 0.25) is 0 Å². The van der Waals surface area contributed by atoms with Gasteiger partial charge in [-0.15, -0.1) is 35.3 Å². The molecule has 0 amide bonds. The summed E-state index contributed by atoms with van der Waals surface area (Å²) in [6.45, 7) is 8.96. The van der Waals surface area contributed by atoms with E-state index in [2.05, 4.69) is 53.0 Å². The Labute approximate surface area is 189 Å². The standard InChI is InChI=1S/C21H30N4OS.HI/c1-4-22-21(24-14-17-5-7-19(26-3)8-6-17)23-13-16(2)25-11-9-20-18(15-25)10-12-27-20;/h5-8,10,12,16H,4,9,11,13-15H2,1-3H3,(H2,22,23,24);1H. The summed E-state index contributed by atoms with van der Waals surface area (Å²) < 4.78 is 5.21. The maximum atomic E-state index is 5.21. The number of halogens is 1. The van der Waals surface area contributed by atoms with Crippen molar-refractivity contribution >= 4 is 41.3 Å². The number of aliphatic imine (C=N–C) groups is 1. The first kappa shape index (κ1) is 23.0. The average molecular weight is 514 g/mol. The van der Waals surface area contributed by atoms with E-state index >= 15 is 0 Å². The van der Waals surface area contributed by atoms with E-state index in [1.807, 2.05) is 23.5 Å². The van der Waals surface area contributed by atoms with Crippen LogP contribution in [0.1, 0.15) is 29.9 Å². The van der Waals surface area contributed by atoms with E-state index in [1.165, 1.54) is 17.5 Å². The maximum Gasteiger partial charge on any atom is 0.191 e. The molecule has 1 unspecified atom stereocenters. The number of nitrogens with zero attached hydrogens (tertiary/aromatic N) is 2. The second kappa shape index (κ2) is 11.6. The number of rotatable bonds is 7. The third-order valence-corrected chi connectivity index (χ3v) is 5.97. The van der Waals surface area contributed by atoms with Gasteiger partial charge in [0.05, 0.1) is 13.7 Å².